The second-order valence-electron chi connectivity index (χ2n) is 4.98. The third kappa shape index (κ3) is 5.80. The van der Waals surface area contributed by atoms with Crippen LogP contribution in [0.3, 0.4) is 0 Å². The molecule has 0 saturated heterocycles. The van der Waals surface area contributed by atoms with Gasteiger partial charge in [0, 0.05) is 18.7 Å². The van der Waals surface area contributed by atoms with Crippen LogP contribution < -0.4 is 15.4 Å². The molecule has 0 heterocycles. The molecule has 0 fully saturated rings. The van der Waals surface area contributed by atoms with E-state index in [0.29, 0.717) is 6.42 Å². The number of aliphatic hydroxyl groups excluding tert-OH is 1. The van der Waals surface area contributed by atoms with Gasteiger partial charge in [0.15, 0.2) is 5.75 Å². The largest absolute Gasteiger partial charge is 0.432 e. The van der Waals surface area contributed by atoms with Crippen molar-refractivity contribution < 1.29 is 27.8 Å². The van der Waals surface area contributed by atoms with Crippen LogP contribution in [0.15, 0.2) is 18.2 Å². The highest BCUT2D eigenvalue weighted by Gasteiger charge is 2.18. The minimum Gasteiger partial charge on any atom is -0.432 e. The van der Waals surface area contributed by atoms with Gasteiger partial charge in [0.05, 0.1) is 5.69 Å². The number of rotatable bonds is 7. The zero-order valence-corrected chi connectivity index (χ0v) is 12.3. The van der Waals surface area contributed by atoms with E-state index in [9.17, 15) is 18.0 Å². The van der Waals surface area contributed by atoms with Gasteiger partial charge in [-0.2, -0.15) is 8.78 Å². The SMILES string of the molecule is CC(C)C(CCO)NC(=O)Nc1ccc(F)cc1OC(F)F. The van der Waals surface area contributed by atoms with E-state index >= 15 is 0 Å². The number of alkyl halides is 2. The maximum absolute atomic E-state index is 13.1. The van der Waals surface area contributed by atoms with Gasteiger partial charge in [-0.1, -0.05) is 13.8 Å². The van der Waals surface area contributed by atoms with E-state index in [0.717, 1.165) is 18.2 Å². The quantitative estimate of drug-likeness (QED) is 0.723. The first-order chi connectivity index (χ1) is 10.3. The van der Waals surface area contributed by atoms with Gasteiger partial charge in [-0.05, 0) is 24.5 Å². The lowest BCUT2D eigenvalue weighted by molar-refractivity contribution is -0.0495. The van der Waals surface area contributed by atoms with Crippen molar-refractivity contribution in [2.75, 3.05) is 11.9 Å². The zero-order valence-electron chi connectivity index (χ0n) is 12.3. The van der Waals surface area contributed by atoms with E-state index in [-0.39, 0.29) is 24.3 Å². The number of hydrogen-bond donors (Lipinski definition) is 3. The molecule has 0 aliphatic carbocycles. The fraction of sp³-hybridized carbons (Fsp3) is 0.500. The Morgan fingerprint density at radius 2 is 2.05 bits per heavy atom. The Balaban J connectivity index is 2.78. The van der Waals surface area contributed by atoms with Crippen molar-refractivity contribution >= 4 is 11.7 Å². The molecule has 1 unspecified atom stereocenters. The van der Waals surface area contributed by atoms with Crippen LogP contribution in [0.4, 0.5) is 23.7 Å². The Hall–Kier alpha value is -1.96. The molecule has 0 saturated carbocycles. The van der Waals surface area contributed by atoms with Crippen molar-refractivity contribution in [2.45, 2.75) is 32.9 Å². The molecule has 0 aromatic heterocycles. The predicted molar refractivity (Wildman–Crippen MR) is 75.5 cm³/mol. The van der Waals surface area contributed by atoms with Gasteiger partial charge in [0.1, 0.15) is 5.82 Å². The maximum atomic E-state index is 13.1. The minimum absolute atomic E-state index is 0.0721. The summed E-state index contributed by atoms with van der Waals surface area (Å²) in [6, 6.07) is 1.96. The molecule has 8 heteroatoms. The predicted octanol–water partition coefficient (Wildman–Crippen LogP) is 2.96. The van der Waals surface area contributed by atoms with Crippen molar-refractivity contribution in [1.82, 2.24) is 5.32 Å². The summed E-state index contributed by atoms with van der Waals surface area (Å²) in [5, 5.41) is 13.9. The fourth-order valence-electron chi connectivity index (χ4n) is 1.83. The van der Waals surface area contributed by atoms with Crippen molar-refractivity contribution in [3.63, 3.8) is 0 Å². The van der Waals surface area contributed by atoms with E-state index in [4.69, 9.17) is 5.11 Å². The van der Waals surface area contributed by atoms with Gasteiger partial charge in [0.2, 0.25) is 0 Å². The topological polar surface area (TPSA) is 70.6 Å². The van der Waals surface area contributed by atoms with E-state index < -0.39 is 24.2 Å². The molecule has 1 rings (SSSR count). The lowest BCUT2D eigenvalue weighted by Crippen LogP contribution is -2.41. The lowest BCUT2D eigenvalue weighted by Gasteiger charge is -2.22. The van der Waals surface area contributed by atoms with Crippen LogP contribution in [0, 0.1) is 11.7 Å². The van der Waals surface area contributed by atoms with E-state index in [1.807, 2.05) is 13.8 Å². The number of halogens is 3. The first kappa shape index (κ1) is 18.1. The summed E-state index contributed by atoms with van der Waals surface area (Å²) < 4.78 is 41.8. The van der Waals surface area contributed by atoms with Crippen LogP contribution in [0.1, 0.15) is 20.3 Å². The highest BCUT2D eigenvalue weighted by atomic mass is 19.3. The Morgan fingerprint density at radius 1 is 1.36 bits per heavy atom. The molecule has 1 aromatic rings. The summed E-state index contributed by atoms with van der Waals surface area (Å²) in [4.78, 5) is 11.9. The van der Waals surface area contributed by atoms with Crippen LogP contribution >= 0.6 is 0 Å². The monoisotopic (exact) mass is 320 g/mol. The van der Waals surface area contributed by atoms with Crippen LogP contribution in [0.25, 0.3) is 0 Å². The summed E-state index contributed by atoms with van der Waals surface area (Å²) in [6.07, 6.45) is 0.356. The highest BCUT2D eigenvalue weighted by Crippen LogP contribution is 2.27. The molecule has 0 aliphatic heterocycles. The van der Waals surface area contributed by atoms with Gasteiger partial charge in [-0.3, -0.25) is 0 Å². The number of carbonyl (C=O) groups excluding carboxylic acids is 1. The maximum Gasteiger partial charge on any atom is 0.387 e. The number of hydrogen-bond acceptors (Lipinski definition) is 3. The van der Waals surface area contributed by atoms with Crippen LogP contribution in [0.2, 0.25) is 0 Å². The van der Waals surface area contributed by atoms with Crippen LogP contribution in [0.5, 0.6) is 5.75 Å². The van der Waals surface area contributed by atoms with Gasteiger partial charge < -0.3 is 20.5 Å². The molecule has 2 amide bonds. The number of urea groups is 1. The van der Waals surface area contributed by atoms with Crippen molar-refractivity contribution in [1.29, 1.82) is 0 Å². The van der Waals surface area contributed by atoms with Crippen LogP contribution in [-0.4, -0.2) is 30.4 Å². The minimum atomic E-state index is -3.14. The summed E-state index contributed by atoms with van der Waals surface area (Å²) in [5.41, 5.74) is -0.0781. The van der Waals surface area contributed by atoms with Gasteiger partial charge in [0.25, 0.3) is 0 Å². The third-order valence-electron chi connectivity index (χ3n) is 2.97. The summed E-state index contributed by atoms with van der Waals surface area (Å²) >= 11 is 0. The summed E-state index contributed by atoms with van der Waals surface area (Å²) in [6.45, 7) is 0.496. The number of benzene rings is 1. The first-order valence-electron chi connectivity index (χ1n) is 6.76. The number of aliphatic hydroxyl groups is 1. The van der Waals surface area contributed by atoms with E-state index in [1.165, 1.54) is 0 Å². The molecule has 1 atom stereocenters. The second-order valence-corrected chi connectivity index (χ2v) is 4.98. The van der Waals surface area contributed by atoms with Gasteiger partial charge >= 0.3 is 12.6 Å². The molecular formula is C14H19F3N2O3. The molecular weight excluding hydrogens is 301 g/mol. The zero-order chi connectivity index (χ0) is 16.7. The molecule has 3 N–H and O–H groups in total. The average molecular weight is 320 g/mol. The Morgan fingerprint density at radius 3 is 2.59 bits per heavy atom. The molecule has 124 valence electrons. The average Bonchev–Trinajstić information content (AvgIpc) is 2.40. The molecule has 0 radical (unpaired) electrons. The van der Waals surface area contributed by atoms with Gasteiger partial charge in [-0.25, -0.2) is 9.18 Å². The Bertz CT molecular complexity index is 498. The molecule has 0 aliphatic rings. The van der Waals surface area contributed by atoms with Crippen molar-refractivity contribution in [3.8, 4) is 5.75 Å². The number of anilines is 1. The lowest BCUT2D eigenvalue weighted by atomic mass is 10.0. The smallest absolute Gasteiger partial charge is 0.387 e. The number of nitrogens with one attached hydrogen (secondary N) is 2. The number of ether oxygens (including phenoxy) is 1. The molecule has 0 bridgehead atoms. The van der Waals surface area contributed by atoms with Crippen molar-refractivity contribution in [2.24, 2.45) is 5.92 Å². The summed E-state index contributed by atoms with van der Waals surface area (Å²) in [5.74, 6) is -1.15. The van der Waals surface area contributed by atoms with E-state index in [2.05, 4.69) is 15.4 Å². The Labute approximate surface area is 126 Å². The molecule has 5 nitrogen and oxygen atoms in total. The molecule has 0 spiro atoms. The summed E-state index contributed by atoms with van der Waals surface area (Å²) in [7, 11) is 0. The number of amides is 2. The standard InChI is InChI=1S/C14H19F3N2O3/c1-8(2)10(5-6-20)18-14(21)19-11-4-3-9(15)7-12(11)22-13(16)17/h3-4,7-8,10,13,20H,5-6H2,1-2H3,(H2,18,19,21). The fourth-order valence-corrected chi connectivity index (χ4v) is 1.83. The second kappa shape index (κ2) is 8.47. The Kier molecular flexibility index (Phi) is 6.97. The number of carbonyl (C=O) groups is 1. The highest BCUT2D eigenvalue weighted by molar-refractivity contribution is 5.91. The third-order valence-corrected chi connectivity index (χ3v) is 2.97. The molecule has 1 aromatic carbocycles. The van der Waals surface area contributed by atoms with Crippen LogP contribution in [-0.2, 0) is 0 Å². The van der Waals surface area contributed by atoms with Crippen molar-refractivity contribution in [3.05, 3.63) is 24.0 Å². The first-order valence-corrected chi connectivity index (χ1v) is 6.76. The van der Waals surface area contributed by atoms with Gasteiger partial charge in [-0.15, -0.1) is 0 Å². The normalized spacial score (nSPS) is 12.4. The van der Waals surface area contributed by atoms with E-state index in [1.54, 1.807) is 0 Å². The molecule has 22 heavy (non-hydrogen) atoms.